The summed E-state index contributed by atoms with van der Waals surface area (Å²) in [6, 6.07) is 7.18. The fourth-order valence-corrected chi connectivity index (χ4v) is 3.57. The first-order chi connectivity index (χ1) is 13.6. The molecule has 1 aliphatic heterocycles. The van der Waals surface area contributed by atoms with Crippen molar-refractivity contribution in [3.63, 3.8) is 0 Å². The standard InChI is InChI=1S/C21H24F2O6/c1-9-5-11(12-6-14(22)10(2)15(23)7-12)3-4-13(9)17(25)21-20(28)19(27)18(26)16(8-24)29-21/h3-7,16-21,24-28H,8H2,1-2H3/t16-,17?,18-,19+,20+,21-/m1/s1. The molecule has 1 saturated heterocycles. The van der Waals surface area contributed by atoms with Crippen molar-refractivity contribution in [2.24, 2.45) is 0 Å². The van der Waals surface area contributed by atoms with Gasteiger partial charge >= 0.3 is 0 Å². The van der Waals surface area contributed by atoms with Crippen LogP contribution in [0.4, 0.5) is 8.78 Å². The van der Waals surface area contributed by atoms with Gasteiger partial charge in [0.25, 0.3) is 0 Å². The molecular formula is C21H24F2O6. The molecule has 8 heteroatoms. The molecule has 6 atom stereocenters. The van der Waals surface area contributed by atoms with E-state index in [9.17, 15) is 34.3 Å². The Labute approximate surface area is 166 Å². The summed E-state index contributed by atoms with van der Waals surface area (Å²) in [6.45, 7) is 2.42. The van der Waals surface area contributed by atoms with E-state index >= 15 is 0 Å². The van der Waals surface area contributed by atoms with Gasteiger partial charge in [0.2, 0.25) is 0 Å². The van der Waals surface area contributed by atoms with Gasteiger partial charge in [0.1, 0.15) is 48.3 Å². The summed E-state index contributed by atoms with van der Waals surface area (Å²) in [6.07, 6.45) is -8.49. The molecule has 6 nitrogen and oxygen atoms in total. The number of halogens is 2. The van der Waals surface area contributed by atoms with Crippen LogP contribution in [0.1, 0.15) is 22.8 Å². The lowest BCUT2D eigenvalue weighted by atomic mass is 9.88. The van der Waals surface area contributed by atoms with Crippen LogP contribution in [0.5, 0.6) is 0 Å². The molecule has 0 spiro atoms. The van der Waals surface area contributed by atoms with Gasteiger partial charge in [0.05, 0.1) is 6.61 Å². The largest absolute Gasteiger partial charge is 0.394 e. The summed E-state index contributed by atoms with van der Waals surface area (Å²) >= 11 is 0. The minimum Gasteiger partial charge on any atom is -0.394 e. The van der Waals surface area contributed by atoms with E-state index in [0.717, 1.165) is 0 Å². The van der Waals surface area contributed by atoms with E-state index in [1.807, 2.05) is 0 Å². The highest BCUT2D eigenvalue weighted by molar-refractivity contribution is 5.65. The van der Waals surface area contributed by atoms with Crippen molar-refractivity contribution in [2.45, 2.75) is 50.5 Å². The highest BCUT2D eigenvalue weighted by Crippen LogP contribution is 2.33. The quantitative estimate of drug-likeness (QED) is 0.517. The monoisotopic (exact) mass is 410 g/mol. The van der Waals surface area contributed by atoms with E-state index in [-0.39, 0.29) is 5.56 Å². The van der Waals surface area contributed by atoms with Gasteiger partial charge in [-0.15, -0.1) is 0 Å². The minimum absolute atomic E-state index is 0.0693. The minimum atomic E-state index is -1.60. The molecule has 3 rings (SSSR count). The predicted octanol–water partition coefficient (Wildman–Crippen LogP) is 1.12. The van der Waals surface area contributed by atoms with Gasteiger partial charge in [-0.1, -0.05) is 18.2 Å². The molecule has 2 aromatic carbocycles. The van der Waals surface area contributed by atoms with Gasteiger partial charge in [-0.3, -0.25) is 0 Å². The van der Waals surface area contributed by atoms with Gasteiger partial charge in [-0.05, 0) is 48.2 Å². The first-order valence-corrected chi connectivity index (χ1v) is 9.20. The van der Waals surface area contributed by atoms with Crippen LogP contribution in [0.15, 0.2) is 30.3 Å². The van der Waals surface area contributed by atoms with Crippen LogP contribution in [-0.4, -0.2) is 62.7 Å². The lowest BCUT2D eigenvalue weighted by Crippen LogP contribution is -2.59. The number of aliphatic hydroxyl groups is 5. The number of aryl methyl sites for hydroxylation is 1. The van der Waals surface area contributed by atoms with Crippen molar-refractivity contribution in [3.05, 3.63) is 58.7 Å². The van der Waals surface area contributed by atoms with Gasteiger partial charge in [-0.2, -0.15) is 0 Å². The van der Waals surface area contributed by atoms with Crippen molar-refractivity contribution in [2.75, 3.05) is 6.61 Å². The third kappa shape index (κ3) is 4.05. The molecule has 1 heterocycles. The maximum atomic E-state index is 13.9. The lowest BCUT2D eigenvalue weighted by molar-refractivity contribution is -0.250. The molecule has 0 saturated carbocycles. The summed E-state index contributed by atoms with van der Waals surface area (Å²) in [5.41, 5.74) is 1.73. The zero-order valence-corrected chi connectivity index (χ0v) is 16.0. The normalized spacial score (nSPS) is 28.4. The van der Waals surface area contributed by atoms with Gasteiger partial charge < -0.3 is 30.3 Å². The predicted molar refractivity (Wildman–Crippen MR) is 100.0 cm³/mol. The Kier molecular flexibility index (Phi) is 6.33. The highest BCUT2D eigenvalue weighted by Gasteiger charge is 2.46. The van der Waals surface area contributed by atoms with E-state index in [1.54, 1.807) is 19.1 Å². The Balaban J connectivity index is 1.90. The molecule has 0 radical (unpaired) electrons. The highest BCUT2D eigenvalue weighted by atomic mass is 19.1. The summed E-state index contributed by atoms with van der Waals surface area (Å²) in [5.74, 6) is -1.33. The summed E-state index contributed by atoms with van der Waals surface area (Å²) in [5, 5.41) is 50.0. The zero-order chi connectivity index (χ0) is 21.5. The van der Waals surface area contributed by atoms with Gasteiger partial charge in [0.15, 0.2) is 0 Å². The van der Waals surface area contributed by atoms with Crippen molar-refractivity contribution in [1.82, 2.24) is 0 Å². The molecule has 0 bridgehead atoms. The van der Waals surface area contributed by atoms with Crippen molar-refractivity contribution in [1.29, 1.82) is 0 Å². The lowest BCUT2D eigenvalue weighted by Gasteiger charge is -2.42. The Morgan fingerprint density at radius 3 is 2.10 bits per heavy atom. The molecular weight excluding hydrogens is 386 g/mol. The molecule has 0 aliphatic carbocycles. The fourth-order valence-electron chi connectivity index (χ4n) is 3.57. The third-order valence-electron chi connectivity index (χ3n) is 5.44. The first-order valence-electron chi connectivity index (χ1n) is 9.20. The van der Waals surface area contributed by atoms with Crippen LogP contribution < -0.4 is 0 Å². The molecule has 2 aromatic rings. The average molecular weight is 410 g/mol. The van der Waals surface area contributed by atoms with Crippen LogP contribution in [0.2, 0.25) is 0 Å². The molecule has 158 valence electrons. The number of hydrogen-bond acceptors (Lipinski definition) is 6. The van der Waals surface area contributed by atoms with Crippen LogP contribution in [-0.2, 0) is 4.74 Å². The smallest absolute Gasteiger partial charge is 0.129 e. The number of hydrogen-bond donors (Lipinski definition) is 5. The van der Waals surface area contributed by atoms with Crippen LogP contribution >= 0.6 is 0 Å². The third-order valence-corrected chi connectivity index (χ3v) is 5.44. The molecule has 5 N–H and O–H groups in total. The molecule has 1 fully saturated rings. The maximum absolute atomic E-state index is 13.9. The molecule has 29 heavy (non-hydrogen) atoms. The number of benzene rings is 2. The van der Waals surface area contributed by atoms with Crippen molar-refractivity contribution in [3.8, 4) is 11.1 Å². The van der Waals surface area contributed by atoms with E-state index < -0.39 is 54.9 Å². The molecule has 0 aromatic heterocycles. The van der Waals surface area contributed by atoms with Crippen LogP contribution in [0.3, 0.4) is 0 Å². The van der Waals surface area contributed by atoms with E-state index in [4.69, 9.17) is 4.74 Å². The molecule has 1 unspecified atom stereocenters. The second-order valence-corrected chi connectivity index (χ2v) is 7.37. The fraction of sp³-hybridized carbons (Fsp3) is 0.429. The summed E-state index contributed by atoms with van der Waals surface area (Å²) < 4.78 is 33.1. The van der Waals surface area contributed by atoms with Gasteiger partial charge in [-0.25, -0.2) is 8.78 Å². The van der Waals surface area contributed by atoms with Crippen LogP contribution in [0.25, 0.3) is 11.1 Å². The average Bonchev–Trinajstić information content (AvgIpc) is 2.69. The Hall–Kier alpha value is -1.94. The second kappa shape index (κ2) is 8.43. The van der Waals surface area contributed by atoms with E-state index in [2.05, 4.69) is 0 Å². The van der Waals surface area contributed by atoms with Crippen molar-refractivity contribution < 1.29 is 39.1 Å². The first kappa shape index (κ1) is 21.8. The van der Waals surface area contributed by atoms with Crippen LogP contribution in [0, 0.1) is 25.5 Å². The van der Waals surface area contributed by atoms with E-state index in [0.29, 0.717) is 22.3 Å². The second-order valence-electron chi connectivity index (χ2n) is 7.37. The SMILES string of the molecule is Cc1cc(-c2cc(F)c(C)c(F)c2)ccc1C(O)[C@H]1O[C@H](CO)[C@@H](O)[C@H](O)[C@@H]1O. The zero-order valence-electron chi connectivity index (χ0n) is 16.0. The van der Waals surface area contributed by atoms with E-state index in [1.165, 1.54) is 25.1 Å². The number of aliphatic hydroxyl groups excluding tert-OH is 5. The van der Waals surface area contributed by atoms with Crippen molar-refractivity contribution >= 4 is 0 Å². The number of rotatable bonds is 4. The Morgan fingerprint density at radius 1 is 0.931 bits per heavy atom. The molecule has 0 amide bonds. The number of ether oxygens (including phenoxy) is 1. The maximum Gasteiger partial charge on any atom is 0.129 e. The Morgan fingerprint density at radius 2 is 1.55 bits per heavy atom. The topological polar surface area (TPSA) is 110 Å². The van der Waals surface area contributed by atoms with Gasteiger partial charge in [0, 0.05) is 5.56 Å². The molecule has 1 aliphatic rings. The summed E-state index contributed by atoms with van der Waals surface area (Å²) in [4.78, 5) is 0. The Bertz CT molecular complexity index is 864. The summed E-state index contributed by atoms with van der Waals surface area (Å²) in [7, 11) is 0.